The zero-order valence-corrected chi connectivity index (χ0v) is 12.7. The molecule has 0 aliphatic rings. The normalized spacial score (nSPS) is 11.0. The molecule has 2 N–H and O–H groups in total. The van der Waals surface area contributed by atoms with E-state index < -0.39 is 34.5 Å². The van der Waals surface area contributed by atoms with E-state index in [1.807, 2.05) is 0 Å². The highest BCUT2D eigenvalue weighted by atomic mass is 35.5. The van der Waals surface area contributed by atoms with Crippen LogP contribution < -0.4 is 5.73 Å². The molecule has 0 aliphatic carbocycles. The smallest absolute Gasteiger partial charge is 0.314 e. The third-order valence-electron chi connectivity index (χ3n) is 3.51. The van der Waals surface area contributed by atoms with Crippen molar-refractivity contribution in [3.8, 4) is 0 Å². The fourth-order valence-corrected chi connectivity index (χ4v) is 2.69. The number of nitrogen functional groups attached to an aromatic ring is 1. The largest absolute Gasteiger partial charge is 0.378 e. The maximum Gasteiger partial charge on any atom is 0.314 e. The highest BCUT2D eigenvalue weighted by Gasteiger charge is 2.24. The molecule has 9 heteroatoms. The third-order valence-corrected chi connectivity index (χ3v) is 3.70. The van der Waals surface area contributed by atoms with Crippen LogP contribution in [0.15, 0.2) is 30.5 Å². The summed E-state index contributed by atoms with van der Waals surface area (Å²) < 4.78 is 28.9. The lowest BCUT2D eigenvalue weighted by Crippen LogP contribution is -2.06. The van der Waals surface area contributed by atoms with Crippen LogP contribution in [-0.4, -0.2) is 14.9 Å². The van der Waals surface area contributed by atoms with E-state index in [4.69, 9.17) is 17.3 Å². The van der Waals surface area contributed by atoms with Crippen LogP contribution in [0.4, 0.5) is 20.3 Å². The zero-order valence-electron chi connectivity index (χ0n) is 12.0. The Bertz CT molecular complexity index is 981. The van der Waals surface area contributed by atoms with E-state index >= 15 is 0 Å². The number of halogens is 3. The Kier molecular flexibility index (Phi) is 3.98. The molecular formula is C15H9ClF2N4O2. The molecule has 0 fully saturated rings. The SMILES string of the molecule is Nc1nc(Cl)cc(Cc2c(F)cc3ncccc3c2F)c1[N+](=O)[O-]. The molecule has 24 heavy (non-hydrogen) atoms. The van der Waals surface area contributed by atoms with Crippen molar-refractivity contribution in [2.45, 2.75) is 6.42 Å². The molecule has 2 aromatic heterocycles. The highest BCUT2D eigenvalue weighted by Crippen LogP contribution is 2.32. The van der Waals surface area contributed by atoms with E-state index in [2.05, 4.69) is 9.97 Å². The van der Waals surface area contributed by atoms with Crippen molar-refractivity contribution in [1.29, 1.82) is 0 Å². The number of aromatic nitrogens is 2. The van der Waals surface area contributed by atoms with Gasteiger partial charge in [0, 0.05) is 35.2 Å². The molecule has 0 bridgehead atoms. The lowest BCUT2D eigenvalue weighted by Gasteiger charge is -2.09. The number of nitrogens with two attached hydrogens (primary N) is 1. The molecule has 0 spiro atoms. The summed E-state index contributed by atoms with van der Waals surface area (Å²) in [7, 11) is 0. The van der Waals surface area contributed by atoms with E-state index in [1.165, 1.54) is 24.4 Å². The van der Waals surface area contributed by atoms with Crippen molar-refractivity contribution in [3.05, 3.63) is 68.5 Å². The highest BCUT2D eigenvalue weighted by molar-refractivity contribution is 6.29. The van der Waals surface area contributed by atoms with Gasteiger partial charge in [-0.15, -0.1) is 0 Å². The minimum atomic E-state index is -0.862. The zero-order chi connectivity index (χ0) is 17.4. The summed E-state index contributed by atoms with van der Waals surface area (Å²) in [5.74, 6) is -2.11. The van der Waals surface area contributed by atoms with Gasteiger partial charge in [-0.3, -0.25) is 15.1 Å². The number of hydrogen-bond acceptors (Lipinski definition) is 5. The summed E-state index contributed by atoms with van der Waals surface area (Å²) in [5.41, 5.74) is 4.77. The second-order valence-corrected chi connectivity index (χ2v) is 5.38. The molecule has 0 atom stereocenters. The first kappa shape index (κ1) is 16.0. The predicted molar refractivity (Wildman–Crippen MR) is 84.8 cm³/mol. The third kappa shape index (κ3) is 2.71. The number of pyridine rings is 2. The number of fused-ring (bicyclic) bond motifs is 1. The molecule has 3 rings (SSSR count). The Morgan fingerprint density at radius 1 is 1.33 bits per heavy atom. The number of nitrogens with zero attached hydrogens (tertiary/aromatic N) is 3. The van der Waals surface area contributed by atoms with Gasteiger partial charge in [0.05, 0.1) is 10.4 Å². The second-order valence-electron chi connectivity index (χ2n) is 4.99. The van der Waals surface area contributed by atoms with Gasteiger partial charge >= 0.3 is 5.69 Å². The summed E-state index contributed by atoms with van der Waals surface area (Å²) in [6.07, 6.45) is 1.01. The molecule has 0 saturated carbocycles. The average molecular weight is 351 g/mol. The molecule has 0 aliphatic heterocycles. The summed E-state index contributed by atoms with van der Waals surface area (Å²) >= 11 is 5.76. The minimum Gasteiger partial charge on any atom is -0.378 e. The number of hydrogen-bond donors (Lipinski definition) is 1. The van der Waals surface area contributed by atoms with Crippen molar-refractivity contribution < 1.29 is 13.7 Å². The monoisotopic (exact) mass is 350 g/mol. The quantitative estimate of drug-likeness (QED) is 0.442. The van der Waals surface area contributed by atoms with Crippen LogP contribution in [0.1, 0.15) is 11.1 Å². The van der Waals surface area contributed by atoms with Crippen molar-refractivity contribution in [2.75, 3.05) is 5.73 Å². The Hall–Kier alpha value is -2.87. The van der Waals surface area contributed by atoms with Gasteiger partial charge in [-0.05, 0) is 18.2 Å². The standard InChI is InChI=1S/C15H9ClF2N4O2/c16-12-5-7(14(22(23)24)15(19)21-12)4-9-10(17)6-11-8(13(9)18)2-1-3-20-11/h1-3,5-6H,4H2,(H2,19,21). The van der Waals surface area contributed by atoms with Crippen LogP contribution in [0.5, 0.6) is 0 Å². The van der Waals surface area contributed by atoms with E-state index in [1.54, 1.807) is 0 Å². The first-order valence-corrected chi connectivity index (χ1v) is 7.07. The van der Waals surface area contributed by atoms with Crippen LogP contribution in [0.25, 0.3) is 10.9 Å². The Morgan fingerprint density at radius 2 is 2.08 bits per heavy atom. The Labute approximate surface area is 139 Å². The molecule has 0 radical (unpaired) electrons. The molecule has 3 aromatic rings. The van der Waals surface area contributed by atoms with E-state index in [0.717, 1.165) is 6.07 Å². The lowest BCUT2D eigenvalue weighted by molar-refractivity contribution is -0.384. The number of anilines is 1. The van der Waals surface area contributed by atoms with Crippen LogP contribution in [-0.2, 0) is 6.42 Å². The predicted octanol–water partition coefficient (Wildman–Crippen LogP) is 3.64. The Balaban J connectivity index is 2.19. The topological polar surface area (TPSA) is 94.9 Å². The molecule has 1 aromatic carbocycles. The van der Waals surface area contributed by atoms with Gasteiger partial charge in [0.1, 0.15) is 16.8 Å². The molecule has 122 valence electrons. The fraction of sp³-hybridized carbons (Fsp3) is 0.0667. The summed E-state index contributed by atoms with van der Waals surface area (Å²) in [5, 5.41) is 11.2. The molecule has 0 amide bonds. The van der Waals surface area contributed by atoms with Gasteiger partial charge in [0.25, 0.3) is 0 Å². The average Bonchev–Trinajstić information content (AvgIpc) is 2.50. The van der Waals surface area contributed by atoms with E-state index in [9.17, 15) is 18.9 Å². The molecule has 0 unspecified atom stereocenters. The number of rotatable bonds is 3. The van der Waals surface area contributed by atoms with Crippen molar-refractivity contribution in [2.24, 2.45) is 0 Å². The van der Waals surface area contributed by atoms with Crippen molar-refractivity contribution in [3.63, 3.8) is 0 Å². The molecule has 6 nitrogen and oxygen atoms in total. The first-order chi connectivity index (χ1) is 11.4. The van der Waals surface area contributed by atoms with Crippen LogP contribution >= 0.6 is 11.6 Å². The number of nitro groups is 1. The van der Waals surface area contributed by atoms with Crippen LogP contribution in [0.3, 0.4) is 0 Å². The van der Waals surface area contributed by atoms with Crippen molar-refractivity contribution >= 4 is 34.0 Å². The second kappa shape index (κ2) is 5.97. The van der Waals surface area contributed by atoms with Gasteiger partial charge in [-0.25, -0.2) is 13.8 Å². The maximum atomic E-state index is 14.6. The van der Waals surface area contributed by atoms with Gasteiger partial charge in [0.2, 0.25) is 5.82 Å². The summed E-state index contributed by atoms with van der Waals surface area (Å²) in [4.78, 5) is 17.9. The van der Waals surface area contributed by atoms with E-state index in [-0.39, 0.29) is 27.2 Å². The van der Waals surface area contributed by atoms with Gasteiger partial charge in [-0.2, -0.15) is 0 Å². The fourth-order valence-electron chi connectivity index (χ4n) is 2.47. The van der Waals surface area contributed by atoms with Crippen LogP contribution in [0.2, 0.25) is 5.15 Å². The molecular weight excluding hydrogens is 342 g/mol. The summed E-state index contributed by atoms with van der Waals surface area (Å²) in [6.45, 7) is 0. The molecule has 0 saturated heterocycles. The maximum absolute atomic E-state index is 14.6. The minimum absolute atomic E-state index is 0.0291. The van der Waals surface area contributed by atoms with Gasteiger partial charge < -0.3 is 5.73 Å². The number of benzene rings is 1. The summed E-state index contributed by atoms with van der Waals surface area (Å²) in [6, 6.07) is 5.20. The van der Waals surface area contributed by atoms with Gasteiger partial charge in [0.15, 0.2) is 0 Å². The van der Waals surface area contributed by atoms with Crippen molar-refractivity contribution in [1.82, 2.24) is 9.97 Å². The first-order valence-electron chi connectivity index (χ1n) is 6.69. The van der Waals surface area contributed by atoms with E-state index in [0.29, 0.717) is 0 Å². The van der Waals surface area contributed by atoms with Crippen LogP contribution in [0, 0.1) is 21.7 Å². The Morgan fingerprint density at radius 3 is 2.79 bits per heavy atom. The van der Waals surface area contributed by atoms with Gasteiger partial charge in [-0.1, -0.05) is 11.6 Å². The lowest BCUT2D eigenvalue weighted by atomic mass is 10.0. The molecule has 2 heterocycles.